The normalized spacial score (nSPS) is 11.8. The molecule has 0 aliphatic heterocycles. The molecule has 3 rings (SSSR count). The van der Waals surface area contributed by atoms with Crippen molar-refractivity contribution in [1.82, 2.24) is 4.98 Å². The van der Waals surface area contributed by atoms with Crippen LogP contribution in [0, 0.1) is 13.8 Å². The second-order valence-electron chi connectivity index (χ2n) is 5.94. The number of nitrogens with zero attached hydrogens (tertiary/aromatic N) is 1. The molecule has 1 N–H and O–H groups in total. The van der Waals surface area contributed by atoms with Crippen molar-refractivity contribution in [2.24, 2.45) is 0 Å². The number of anilines is 1. The van der Waals surface area contributed by atoms with Crippen LogP contribution in [0.3, 0.4) is 0 Å². The summed E-state index contributed by atoms with van der Waals surface area (Å²) in [5, 5.41) is 0. The second-order valence-corrected chi connectivity index (χ2v) is 10.2. The Morgan fingerprint density at radius 1 is 1.12 bits per heavy atom. The molecule has 7 heteroatoms. The van der Waals surface area contributed by atoms with E-state index in [1.165, 1.54) is 10.3 Å². The van der Waals surface area contributed by atoms with Gasteiger partial charge in [0.05, 0.1) is 16.0 Å². The highest BCUT2D eigenvalue weighted by Gasteiger charge is 2.11. The minimum atomic E-state index is -3.32. The Morgan fingerprint density at radius 2 is 1.92 bits per heavy atom. The number of hydrogen-bond donors (Lipinski definition) is 1. The van der Waals surface area contributed by atoms with E-state index in [0.717, 1.165) is 21.2 Å². The van der Waals surface area contributed by atoms with Crippen LogP contribution in [0.25, 0.3) is 10.2 Å². The van der Waals surface area contributed by atoms with Gasteiger partial charge >= 0.3 is 0 Å². The Balaban J connectivity index is 1.51. The Kier molecular flexibility index (Phi) is 5.66. The third kappa shape index (κ3) is 5.20. The predicted molar refractivity (Wildman–Crippen MR) is 108 cm³/mol. The lowest BCUT2D eigenvalue weighted by atomic mass is 10.2. The van der Waals surface area contributed by atoms with Gasteiger partial charge in [0.1, 0.15) is 0 Å². The molecule has 0 amide bonds. The van der Waals surface area contributed by atoms with Crippen molar-refractivity contribution in [2.75, 3.05) is 16.2 Å². The summed E-state index contributed by atoms with van der Waals surface area (Å²) in [5.74, 6) is 0.839. The van der Waals surface area contributed by atoms with Crippen LogP contribution in [-0.2, 0) is 10.0 Å². The number of benzene rings is 2. The Morgan fingerprint density at radius 3 is 2.72 bits per heavy atom. The number of hydrogen-bond acceptors (Lipinski definition) is 5. The van der Waals surface area contributed by atoms with E-state index in [1.54, 1.807) is 29.2 Å². The van der Waals surface area contributed by atoms with Crippen molar-refractivity contribution >= 4 is 49.0 Å². The minimum Gasteiger partial charge on any atom is -0.284 e. The van der Waals surface area contributed by atoms with Crippen LogP contribution in [-0.4, -0.2) is 24.9 Å². The lowest BCUT2D eigenvalue weighted by Crippen LogP contribution is -2.17. The Hall–Kier alpha value is -1.57. The maximum Gasteiger partial charge on any atom is 0.232 e. The van der Waals surface area contributed by atoms with Crippen LogP contribution >= 0.6 is 23.1 Å². The quantitative estimate of drug-likeness (QED) is 0.462. The summed E-state index contributed by atoms with van der Waals surface area (Å²) in [6, 6.07) is 13.6. The molecule has 1 aromatic heterocycles. The molecule has 0 aliphatic carbocycles. The number of fused-ring (bicyclic) bond motifs is 1. The standard InChI is InChI=1S/C18H20N2O2S3/c1-13-5-3-6-15(11-13)20-25(21,22)10-4-9-23-18-19-16-12-14(2)7-8-17(16)24-18/h3,5-8,11-12,20H,4,9-10H2,1-2H3. The van der Waals surface area contributed by atoms with Gasteiger partial charge in [0, 0.05) is 11.4 Å². The fourth-order valence-corrected chi connectivity index (χ4v) is 5.78. The smallest absolute Gasteiger partial charge is 0.232 e. The van der Waals surface area contributed by atoms with E-state index in [2.05, 4.69) is 34.8 Å². The van der Waals surface area contributed by atoms with E-state index in [0.29, 0.717) is 12.1 Å². The fourth-order valence-electron chi connectivity index (χ4n) is 2.43. The van der Waals surface area contributed by atoms with E-state index >= 15 is 0 Å². The second kappa shape index (κ2) is 7.76. The first-order chi connectivity index (χ1) is 11.9. The summed E-state index contributed by atoms with van der Waals surface area (Å²) in [4.78, 5) is 4.60. The van der Waals surface area contributed by atoms with Gasteiger partial charge in [-0.05, 0) is 55.7 Å². The number of nitrogens with one attached hydrogen (secondary N) is 1. The molecule has 132 valence electrons. The lowest BCUT2D eigenvalue weighted by Gasteiger charge is -2.08. The molecule has 3 aromatic rings. The van der Waals surface area contributed by atoms with E-state index in [4.69, 9.17) is 0 Å². The summed E-state index contributed by atoms with van der Waals surface area (Å²) in [7, 11) is -3.32. The monoisotopic (exact) mass is 392 g/mol. The van der Waals surface area contributed by atoms with Crippen LogP contribution < -0.4 is 4.72 Å². The number of aromatic nitrogens is 1. The molecule has 0 radical (unpaired) electrons. The number of thiazole rings is 1. The van der Waals surface area contributed by atoms with Crippen molar-refractivity contribution in [1.29, 1.82) is 0 Å². The Labute approximate surface area is 156 Å². The predicted octanol–water partition coefficient (Wildman–Crippen LogP) is 4.84. The molecule has 0 fully saturated rings. The van der Waals surface area contributed by atoms with E-state index in [9.17, 15) is 8.42 Å². The largest absolute Gasteiger partial charge is 0.284 e. The van der Waals surface area contributed by atoms with Gasteiger partial charge in [-0.25, -0.2) is 13.4 Å². The van der Waals surface area contributed by atoms with E-state index < -0.39 is 10.0 Å². The molecule has 0 spiro atoms. The maximum atomic E-state index is 12.2. The van der Waals surface area contributed by atoms with Crippen molar-refractivity contribution in [3.8, 4) is 0 Å². The lowest BCUT2D eigenvalue weighted by molar-refractivity contribution is 0.600. The minimum absolute atomic E-state index is 0.109. The molecule has 0 saturated carbocycles. The Bertz CT molecular complexity index is 981. The molecule has 0 aliphatic rings. The van der Waals surface area contributed by atoms with Crippen molar-refractivity contribution in [2.45, 2.75) is 24.6 Å². The number of aryl methyl sites for hydroxylation is 2. The zero-order valence-corrected chi connectivity index (χ0v) is 16.6. The van der Waals surface area contributed by atoms with Gasteiger partial charge in [-0.3, -0.25) is 4.72 Å². The molecule has 25 heavy (non-hydrogen) atoms. The topological polar surface area (TPSA) is 59.1 Å². The molecule has 4 nitrogen and oxygen atoms in total. The first-order valence-corrected chi connectivity index (χ1v) is 11.4. The first-order valence-electron chi connectivity index (χ1n) is 7.98. The maximum absolute atomic E-state index is 12.2. The summed E-state index contributed by atoms with van der Waals surface area (Å²) in [6.07, 6.45) is 0.584. The molecule has 2 aromatic carbocycles. The van der Waals surface area contributed by atoms with Gasteiger partial charge < -0.3 is 0 Å². The highest BCUT2D eigenvalue weighted by atomic mass is 32.2. The highest BCUT2D eigenvalue weighted by Crippen LogP contribution is 2.30. The first kappa shape index (κ1) is 18.2. The fraction of sp³-hybridized carbons (Fsp3) is 0.278. The van der Waals surface area contributed by atoms with Crippen molar-refractivity contribution < 1.29 is 8.42 Å². The number of thioether (sulfide) groups is 1. The molecule has 0 atom stereocenters. The summed E-state index contributed by atoms with van der Waals surface area (Å²) in [6.45, 7) is 3.99. The summed E-state index contributed by atoms with van der Waals surface area (Å²) in [5.41, 5.74) is 3.86. The molecule has 0 unspecified atom stereocenters. The van der Waals surface area contributed by atoms with Gasteiger partial charge in [-0.2, -0.15) is 0 Å². The number of rotatable bonds is 7. The van der Waals surface area contributed by atoms with Crippen molar-refractivity contribution in [3.05, 3.63) is 53.6 Å². The number of sulfonamides is 1. The van der Waals surface area contributed by atoms with Crippen molar-refractivity contribution in [3.63, 3.8) is 0 Å². The van der Waals surface area contributed by atoms with Crippen LogP contribution in [0.2, 0.25) is 0 Å². The van der Waals surface area contributed by atoms with E-state index in [1.807, 2.05) is 25.1 Å². The third-order valence-electron chi connectivity index (χ3n) is 3.60. The van der Waals surface area contributed by atoms with Gasteiger partial charge in [0.25, 0.3) is 0 Å². The van der Waals surface area contributed by atoms with E-state index in [-0.39, 0.29) is 5.75 Å². The summed E-state index contributed by atoms with van der Waals surface area (Å²) >= 11 is 3.27. The van der Waals surface area contributed by atoms with Gasteiger partial charge in [0.15, 0.2) is 4.34 Å². The van der Waals surface area contributed by atoms with Crippen LogP contribution in [0.1, 0.15) is 17.5 Å². The van der Waals surface area contributed by atoms with Gasteiger partial charge in [-0.15, -0.1) is 11.3 Å². The van der Waals surface area contributed by atoms with Gasteiger partial charge in [-0.1, -0.05) is 30.0 Å². The average Bonchev–Trinajstić information content (AvgIpc) is 2.93. The average molecular weight is 393 g/mol. The zero-order chi connectivity index (χ0) is 17.9. The van der Waals surface area contributed by atoms with Gasteiger partial charge in [0.2, 0.25) is 10.0 Å². The molecule has 0 bridgehead atoms. The van der Waals surface area contributed by atoms with Crippen LogP contribution in [0.4, 0.5) is 5.69 Å². The van der Waals surface area contributed by atoms with Crippen LogP contribution in [0.15, 0.2) is 46.8 Å². The SMILES string of the molecule is Cc1cccc(NS(=O)(=O)CCCSc2nc3cc(C)ccc3s2)c1. The van der Waals surface area contributed by atoms with Crippen LogP contribution in [0.5, 0.6) is 0 Å². The molecular formula is C18H20N2O2S3. The highest BCUT2D eigenvalue weighted by molar-refractivity contribution is 8.01. The molecular weight excluding hydrogens is 372 g/mol. The molecule has 0 saturated heterocycles. The molecule has 1 heterocycles. The zero-order valence-electron chi connectivity index (χ0n) is 14.2. The third-order valence-corrected chi connectivity index (χ3v) is 7.24. The summed E-state index contributed by atoms with van der Waals surface area (Å²) < 4.78 is 29.1.